The molecule has 0 atom stereocenters. The average molecular weight is 354 g/mol. The van der Waals surface area contributed by atoms with Crippen molar-refractivity contribution < 1.29 is 18.7 Å². The van der Waals surface area contributed by atoms with Crippen molar-refractivity contribution in [1.29, 1.82) is 0 Å². The summed E-state index contributed by atoms with van der Waals surface area (Å²) in [5, 5.41) is 4.48. The molecule has 1 aliphatic rings. The van der Waals surface area contributed by atoms with Gasteiger partial charge in [0, 0.05) is 41.5 Å². The van der Waals surface area contributed by atoms with Crippen molar-refractivity contribution in [2.75, 3.05) is 18.5 Å². The molecular weight excluding hydrogens is 339 g/mol. The van der Waals surface area contributed by atoms with Gasteiger partial charge in [-0.05, 0) is 30.0 Å². The highest BCUT2D eigenvalue weighted by atomic mass is 19.1. The Morgan fingerprint density at radius 2 is 2.08 bits per heavy atom. The fourth-order valence-corrected chi connectivity index (χ4v) is 3.00. The van der Waals surface area contributed by atoms with E-state index in [1.165, 1.54) is 18.3 Å². The van der Waals surface area contributed by atoms with Crippen molar-refractivity contribution in [3.8, 4) is 22.9 Å². The fraction of sp³-hybridized carbons (Fsp3) is 0.167. The lowest BCUT2D eigenvalue weighted by molar-refractivity contribution is 0.209. The van der Waals surface area contributed by atoms with Gasteiger partial charge in [-0.2, -0.15) is 0 Å². The van der Waals surface area contributed by atoms with Crippen LogP contribution in [0.5, 0.6) is 11.8 Å². The molecule has 8 heteroatoms. The molecule has 3 aromatic rings. The molecular formula is C18H15FN4O3. The third kappa shape index (κ3) is 2.75. The Labute approximate surface area is 148 Å². The Bertz CT molecular complexity index is 1040. The summed E-state index contributed by atoms with van der Waals surface area (Å²) in [5.74, 6) is 0.169. The molecule has 0 unspecified atom stereocenters. The molecule has 1 amide bonds. The summed E-state index contributed by atoms with van der Waals surface area (Å²) in [6, 6.07) is 4.58. The van der Waals surface area contributed by atoms with E-state index in [9.17, 15) is 9.18 Å². The van der Waals surface area contributed by atoms with Crippen LogP contribution in [-0.2, 0) is 0 Å². The lowest BCUT2D eigenvalue weighted by Crippen LogP contribution is -2.20. The smallest absolute Gasteiger partial charge is 0.411 e. The van der Waals surface area contributed by atoms with Crippen LogP contribution in [0.15, 0.2) is 30.6 Å². The summed E-state index contributed by atoms with van der Waals surface area (Å²) in [6.07, 6.45) is 2.06. The number of carbonyl (C=O) groups is 1. The summed E-state index contributed by atoms with van der Waals surface area (Å²) >= 11 is 0. The first-order valence-corrected chi connectivity index (χ1v) is 7.96. The number of pyridine rings is 2. The monoisotopic (exact) mass is 354 g/mol. The van der Waals surface area contributed by atoms with E-state index in [0.29, 0.717) is 40.9 Å². The first-order valence-electron chi connectivity index (χ1n) is 7.96. The lowest BCUT2D eigenvalue weighted by Gasteiger charge is -2.21. The summed E-state index contributed by atoms with van der Waals surface area (Å²) in [6.45, 7) is 3.09. The Morgan fingerprint density at radius 1 is 1.23 bits per heavy atom. The van der Waals surface area contributed by atoms with Gasteiger partial charge in [0.15, 0.2) is 0 Å². The number of anilines is 1. The number of nitrogens with one attached hydrogen (secondary N) is 1. The molecule has 2 aromatic heterocycles. The maximum Gasteiger partial charge on any atom is 0.411 e. The van der Waals surface area contributed by atoms with E-state index in [1.54, 1.807) is 12.3 Å². The number of halogens is 1. The largest absolute Gasteiger partial charge is 0.474 e. The van der Waals surface area contributed by atoms with Crippen LogP contribution in [0, 0.1) is 12.7 Å². The summed E-state index contributed by atoms with van der Waals surface area (Å²) in [5.41, 5.74) is 7.65. The topological polar surface area (TPSA) is 99.4 Å². The fourth-order valence-electron chi connectivity index (χ4n) is 3.00. The maximum atomic E-state index is 14.7. The third-order valence-electron chi connectivity index (χ3n) is 4.22. The van der Waals surface area contributed by atoms with E-state index >= 15 is 0 Å². The molecule has 3 heterocycles. The summed E-state index contributed by atoms with van der Waals surface area (Å²) in [7, 11) is 0. The molecule has 0 saturated heterocycles. The van der Waals surface area contributed by atoms with Crippen LogP contribution >= 0.6 is 0 Å². The molecule has 0 bridgehead atoms. The van der Waals surface area contributed by atoms with Crippen LogP contribution in [0.2, 0.25) is 0 Å². The molecule has 7 nitrogen and oxygen atoms in total. The van der Waals surface area contributed by atoms with Crippen molar-refractivity contribution in [2.45, 2.75) is 6.92 Å². The van der Waals surface area contributed by atoms with Gasteiger partial charge in [0.25, 0.3) is 0 Å². The third-order valence-corrected chi connectivity index (χ3v) is 4.22. The molecule has 0 fully saturated rings. The van der Waals surface area contributed by atoms with Gasteiger partial charge >= 0.3 is 6.09 Å². The number of rotatable bonds is 2. The highest BCUT2D eigenvalue weighted by Crippen LogP contribution is 2.37. The predicted octanol–water partition coefficient (Wildman–Crippen LogP) is 3.01. The second-order valence-corrected chi connectivity index (χ2v) is 5.88. The Morgan fingerprint density at radius 3 is 2.88 bits per heavy atom. The van der Waals surface area contributed by atoms with Crippen molar-refractivity contribution in [3.05, 3.63) is 42.0 Å². The number of aromatic nitrogens is 2. The van der Waals surface area contributed by atoms with Crippen molar-refractivity contribution in [2.24, 2.45) is 5.73 Å². The zero-order valence-corrected chi connectivity index (χ0v) is 13.9. The molecule has 26 heavy (non-hydrogen) atoms. The lowest BCUT2D eigenvalue weighted by atomic mass is 9.98. The second-order valence-electron chi connectivity index (χ2n) is 5.88. The number of carbonyl (C=O) groups excluding carboxylic acids is 1. The number of benzene rings is 1. The molecule has 3 N–H and O–H groups in total. The number of nitrogens with two attached hydrogens (primary N) is 1. The van der Waals surface area contributed by atoms with Gasteiger partial charge < -0.3 is 20.5 Å². The normalized spacial score (nSPS) is 12.8. The molecule has 132 valence electrons. The minimum absolute atomic E-state index is 0.0536. The number of nitrogens with zero attached hydrogens (tertiary/aromatic N) is 2. The predicted molar refractivity (Wildman–Crippen MR) is 93.9 cm³/mol. The van der Waals surface area contributed by atoms with Crippen LogP contribution in [0.25, 0.3) is 21.9 Å². The molecule has 0 radical (unpaired) electrons. The molecule has 4 rings (SSSR count). The standard InChI is InChI=1S/C18H15FN4O3/c1-9-13(8-23-17-16(9)21-2-3-25-17)12-4-10-6-15(26-18(20)24)22-7-11(10)5-14(12)19/h4-8,21H,2-3H2,1H3,(H2,20,24). The van der Waals surface area contributed by atoms with Crippen molar-refractivity contribution in [1.82, 2.24) is 9.97 Å². The zero-order valence-electron chi connectivity index (χ0n) is 13.9. The van der Waals surface area contributed by atoms with E-state index < -0.39 is 11.9 Å². The number of primary amides is 1. The minimum Gasteiger partial charge on any atom is -0.474 e. The minimum atomic E-state index is -0.958. The molecule has 1 aromatic carbocycles. The second kappa shape index (κ2) is 6.14. The number of hydrogen-bond acceptors (Lipinski definition) is 6. The quantitative estimate of drug-likeness (QED) is 0.734. The molecule has 0 saturated carbocycles. The van der Waals surface area contributed by atoms with Gasteiger partial charge in [0.2, 0.25) is 11.8 Å². The number of ether oxygens (including phenoxy) is 2. The maximum absolute atomic E-state index is 14.7. The van der Waals surface area contributed by atoms with Crippen LogP contribution in [0.4, 0.5) is 14.9 Å². The van der Waals surface area contributed by atoms with Gasteiger partial charge in [-0.3, -0.25) is 0 Å². The van der Waals surface area contributed by atoms with Crippen LogP contribution in [0.3, 0.4) is 0 Å². The van der Waals surface area contributed by atoms with Crippen LogP contribution in [-0.4, -0.2) is 29.2 Å². The Kier molecular flexibility index (Phi) is 3.80. The summed E-state index contributed by atoms with van der Waals surface area (Å²) < 4.78 is 25.0. The van der Waals surface area contributed by atoms with E-state index in [4.69, 9.17) is 15.2 Å². The number of fused-ring (bicyclic) bond motifs is 2. The van der Waals surface area contributed by atoms with Crippen LogP contribution in [0.1, 0.15) is 5.56 Å². The highest BCUT2D eigenvalue weighted by Gasteiger charge is 2.19. The SMILES string of the molecule is Cc1c(-c2cc3cc(OC(N)=O)ncc3cc2F)cnc2c1NCCO2. The number of hydrogen-bond donors (Lipinski definition) is 2. The molecule has 1 aliphatic heterocycles. The van der Waals surface area contributed by atoms with E-state index in [-0.39, 0.29) is 5.88 Å². The van der Waals surface area contributed by atoms with Gasteiger partial charge in [0.1, 0.15) is 18.1 Å². The zero-order chi connectivity index (χ0) is 18.3. The van der Waals surface area contributed by atoms with E-state index in [2.05, 4.69) is 15.3 Å². The Hall–Kier alpha value is -3.42. The van der Waals surface area contributed by atoms with Crippen molar-refractivity contribution >= 4 is 22.6 Å². The number of amides is 1. The first-order chi connectivity index (χ1) is 12.5. The highest BCUT2D eigenvalue weighted by molar-refractivity contribution is 5.89. The van der Waals surface area contributed by atoms with Gasteiger partial charge in [-0.1, -0.05) is 0 Å². The summed E-state index contributed by atoms with van der Waals surface area (Å²) in [4.78, 5) is 19.1. The van der Waals surface area contributed by atoms with Gasteiger partial charge in [-0.15, -0.1) is 0 Å². The van der Waals surface area contributed by atoms with E-state index in [1.807, 2.05) is 6.92 Å². The first kappa shape index (κ1) is 16.1. The van der Waals surface area contributed by atoms with E-state index in [0.717, 1.165) is 11.3 Å². The van der Waals surface area contributed by atoms with Gasteiger partial charge in [-0.25, -0.2) is 19.2 Å². The van der Waals surface area contributed by atoms with Crippen molar-refractivity contribution in [3.63, 3.8) is 0 Å². The molecule has 0 aliphatic carbocycles. The molecule has 0 spiro atoms. The van der Waals surface area contributed by atoms with Crippen LogP contribution < -0.4 is 20.5 Å². The van der Waals surface area contributed by atoms with Gasteiger partial charge in [0.05, 0.1) is 0 Å². The average Bonchev–Trinajstić information content (AvgIpc) is 2.62. The Balaban J connectivity index is 1.85.